The average molecular weight is 331 g/mol. The lowest BCUT2D eigenvalue weighted by Gasteiger charge is -2.12. The Labute approximate surface area is 150 Å². The topological polar surface area (TPSA) is 17.8 Å². The van der Waals surface area contributed by atoms with Crippen LogP contribution in [0.5, 0.6) is 0 Å². The second-order valence-corrected chi connectivity index (χ2v) is 6.14. The van der Waals surface area contributed by atoms with E-state index in [9.17, 15) is 0 Å². The van der Waals surface area contributed by atoms with Crippen molar-refractivity contribution >= 4 is 0 Å². The molecule has 136 valence electrons. The van der Waals surface area contributed by atoms with E-state index >= 15 is 0 Å². The van der Waals surface area contributed by atoms with Gasteiger partial charge in [-0.15, -0.1) is 0 Å². The Bertz CT molecular complexity index is 567. The van der Waals surface area contributed by atoms with Gasteiger partial charge in [-0.2, -0.15) is 5.10 Å². The van der Waals surface area contributed by atoms with Gasteiger partial charge in [0.25, 0.3) is 0 Å². The first-order valence-electron chi connectivity index (χ1n) is 9.59. The van der Waals surface area contributed by atoms with Crippen LogP contribution in [-0.4, -0.2) is 9.78 Å². The minimum Gasteiger partial charge on any atom is -0.270 e. The fourth-order valence-electron chi connectivity index (χ4n) is 2.65. The van der Waals surface area contributed by atoms with Gasteiger partial charge in [-0.3, -0.25) is 4.68 Å². The molecule has 2 rings (SSSR count). The lowest BCUT2D eigenvalue weighted by molar-refractivity contribution is 0.516. The number of hydrogen-bond donors (Lipinski definition) is 0. The number of nitrogens with zero attached hydrogens (tertiary/aromatic N) is 2. The molecule has 0 amide bonds. The van der Waals surface area contributed by atoms with Gasteiger partial charge in [-0.05, 0) is 57.2 Å². The maximum Gasteiger partial charge on any atom is 0.0682 e. The third kappa shape index (κ3) is 6.51. The summed E-state index contributed by atoms with van der Waals surface area (Å²) in [6.07, 6.45) is 4.45. The van der Waals surface area contributed by atoms with Crippen LogP contribution < -0.4 is 0 Å². The van der Waals surface area contributed by atoms with Gasteiger partial charge in [-0.25, -0.2) is 0 Å². The Morgan fingerprint density at radius 3 is 2.00 bits per heavy atom. The Morgan fingerprint density at radius 1 is 0.917 bits per heavy atom. The summed E-state index contributed by atoms with van der Waals surface area (Å²) in [6, 6.07) is 9.11. The van der Waals surface area contributed by atoms with Gasteiger partial charge >= 0.3 is 0 Å². The van der Waals surface area contributed by atoms with Crippen LogP contribution in [0.25, 0.3) is 0 Å². The average Bonchev–Trinajstić information content (AvgIpc) is 3.00. The van der Waals surface area contributed by atoms with Crippen molar-refractivity contribution < 1.29 is 0 Å². The lowest BCUT2D eigenvalue weighted by atomic mass is 9.95. The highest BCUT2D eigenvalue weighted by Gasteiger charge is 2.14. The van der Waals surface area contributed by atoms with Gasteiger partial charge in [0.05, 0.1) is 5.69 Å². The molecule has 1 aromatic carbocycles. The molecule has 2 nitrogen and oxygen atoms in total. The summed E-state index contributed by atoms with van der Waals surface area (Å²) in [5.74, 6) is 0.509. The number of rotatable bonds is 5. The van der Waals surface area contributed by atoms with Crippen molar-refractivity contribution in [2.45, 2.75) is 87.1 Å². The molecule has 0 spiro atoms. The SMILES string of the molecule is CC.CC.Cc1ccccc1CCC(C)c1nn(C(C)C)cc1C. The van der Waals surface area contributed by atoms with Crippen LogP contribution in [0.3, 0.4) is 0 Å². The number of benzene rings is 1. The summed E-state index contributed by atoms with van der Waals surface area (Å²) < 4.78 is 2.08. The zero-order valence-corrected chi connectivity index (χ0v) is 17.4. The first-order chi connectivity index (χ1) is 11.5. The van der Waals surface area contributed by atoms with Crippen molar-refractivity contribution in [3.8, 4) is 0 Å². The van der Waals surface area contributed by atoms with E-state index in [0.29, 0.717) is 12.0 Å². The van der Waals surface area contributed by atoms with E-state index in [1.807, 2.05) is 27.7 Å². The minimum absolute atomic E-state index is 0.436. The van der Waals surface area contributed by atoms with Crippen molar-refractivity contribution in [2.24, 2.45) is 0 Å². The fraction of sp³-hybridized carbons (Fsp3) is 0.591. The highest BCUT2D eigenvalue weighted by molar-refractivity contribution is 5.26. The second kappa shape index (κ2) is 11.9. The highest BCUT2D eigenvalue weighted by atomic mass is 15.3. The fourth-order valence-corrected chi connectivity index (χ4v) is 2.65. The van der Waals surface area contributed by atoms with Gasteiger partial charge in [-0.1, -0.05) is 58.9 Å². The van der Waals surface area contributed by atoms with Crippen molar-refractivity contribution in [3.05, 3.63) is 52.8 Å². The first kappa shape index (κ1) is 22.4. The molecule has 0 aliphatic heterocycles. The summed E-state index contributed by atoms with van der Waals surface area (Å²) in [7, 11) is 0. The summed E-state index contributed by atoms with van der Waals surface area (Å²) in [4.78, 5) is 0. The van der Waals surface area contributed by atoms with E-state index < -0.39 is 0 Å². The third-order valence-corrected chi connectivity index (χ3v) is 4.06. The predicted molar refractivity (Wildman–Crippen MR) is 108 cm³/mol. The van der Waals surface area contributed by atoms with E-state index in [1.54, 1.807) is 0 Å². The van der Waals surface area contributed by atoms with Crippen LogP contribution in [0.2, 0.25) is 0 Å². The molecule has 0 saturated heterocycles. The monoisotopic (exact) mass is 330 g/mol. The highest BCUT2D eigenvalue weighted by Crippen LogP contribution is 2.24. The molecule has 0 fully saturated rings. The van der Waals surface area contributed by atoms with Gasteiger partial charge < -0.3 is 0 Å². The molecular weight excluding hydrogens is 292 g/mol. The summed E-state index contributed by atoms with van der Waals surface area (Å²) in [5, 5.41) is 4.76. The zero-order chi connectivity index (χ0) is 18.7. The van der Waals surface area contributed by atoms with Gasteiger partial charge in [0.2, 0.25) is 0 Å². The van der Waals surface area contributed by atoms with E-state index in [1.165, 1.54) is 22.4 Å². The Hall–Kier alpha value is -1.57. The molecule has 1 heterocycles. The minimum atomic E-state index is 0.436. The maximum absolute atomic E-state index is 4.76. The van der Waals surface area contributed by atoms with E-state index in [4.69, 9.17) is 5.10 Å². The standard InChI is InChI=1S/C18H26N2.2C2H6/c1-13(2)20-12-16(5)18(19-20)15(4)10-11-17-9-7-6-8-14(17)3;2*1-2/h6-9,12-13,15H,10-11H2,1-5H3;2*1-2H3. The quantitative estimate of drug-likeness (QED) is 0.585. The lowest BCUT2D eigenvalue weighted by Crippen LogP contribution is -2.04. The molecule has 0 saturated carbocycles. The van der Waals surface area contributed by atoms with Crippen molar-refractivity contribution in [2.75, 3.05) is 0 Å². The molecule has 0 N–H and O–H groups in total. The molecule has 2 heteroatoms. The molecule has 1 atom stereocenters. The van der Waals surface area contributed by atoms with Gasteiger partial charge in [0, 0.05) is 18.2 Å². The molecule has 0 radical (unpaired) electrons. The Morgan fingerprint density at radius 2 is 1.50 bits per heavy atom. The summed E-state index contributed by atoms with van der Waals surface area (Å²) in [6.45, 7) is 19.0. The molecule has 2 aromatic rings. The Kier molecular flexibility index (Phi) is 11.1. The van der Waals surface area contributed by atoms with E-state index in [2.05, 4.69) is 69.8 Å². The van der Waals surface area contributed by atoms with Crippen LogP contribution >= 0.6 is 0 Å². The molecule has 0 bridgehead atoms. The Balaban J connectivity index is 0.00000123. The third-order valence-electron chi connectivity index (χ3n) is 4.06. The molecular formula is C22H38N2. The van der Waals surface area contributed by atoms with Crippen LogP contribution in [0.15, 0.2) is 30.5 Å². The predicted octanol–water partition coefficient (Wildman–Crippen LogP) is 6.87. The second-order valence-electron chi connectivity index (χ2n) is 6.14. The molecule has 24 heavy (non-hydrogen) atoms. The van der Waals surface area contributed by atoms with E-state index in [-0.39, 0.29) is 0 Å². The first-order valence-corrected chi connectivity index (χ1v) is 9.59. The largest absolute Gasteiger partial charge is 0.270 e. The van der Waals surface area contributed by atoms with Crippen LogP contribution in [-0.2, 0) is 6.42 Å². The van der Waals surface area contributed by atoms with Crippen LogP contribution in [0.4, 0.5) is 0 Å². The van der Waals surface area contributed by atoms with Crippen LogP contribution in [0.1, 0.15) is 89.2 Å². The molecule has 0 aliphatic carbocycles. The maximum atomic E-state index is 4.76. The number of hydrogen-bond acceptors (Lipinski definition) is 1. The zero-order valence-electron chi connectivity index (χ0n) is 17.4. The van der Waals surface area contributed by atoms with Crippen molar-refractivity contribution in [3.63, 3.8) is 0 Å². The van der Waals surface area contributed by atoms with Gasteiger partial charge in [0.15, 0.2) is 0 Å². The van der Waals surface area contributed by atoms with Gasteiger partial charge in [0.1, 0.15) is 0 Å². The molecule has 1 aromatic heterocycles. The summed E-state index contributed by atoms with van der Waals surface area (Å²) >= 11 is 0. The number of aromatic nitrogens is 2. The normalized spacial score (nSPS) is 11.2. The molecule has 1 unspecified atom stereocenters. The smallest absolute Gasteiger partial charge is 0.0682 e. The van der Waals surface area contributed by atoms with Crippen molar-refractivity contribution in [1.82, 2.24) is 9.78 Å². The van der Waals surface area contributed by atoms with E-state index in [0.717, 1.165) is 12.8 Å². The van der Waals surface area contributed by atoms with Crippen LogP contribution in [0, 0.1) is 13.8 Å². The molecule has 0 aliphatic rings. The number of aryl methyl sites for hydroxylation is 3. The summed E-state index contributed by atoms with van der Waals surface area (Å²) in [5.41, 5.74) is 5.42. The van der Waals surface area contributed by atoms with Crippen molar-refractivity contribution in [1.29, 1.82) is 0 Å².